The van der Waals surface area contributed by atoms with Crippen molar-refractivity contribution in [2.75, 3.05) is 6.61 Å². The van der Waals surface area contributed by atoms with Gasteiger partial charge in [0.25, 0.3) is 0 Å². The van der Waals surface area contributed by atoms with Gasteiger partial charge < -0.3 is 4.74 Å². The summed E-state index contributed by atoms with van der Waals surface area (Å²) in [6, 6.07) is 0. The van der Waals surface area contributed by atoms with E-state index in [0.29, 0.717) is 6.10 Å². The van der Waals surface area contributed by atoms with Crippen molar-refractivity contribution in [3.63, 3.8) is 0 Å². The minimum Gasteiger partial charge on any atom is -0.378 e. The molecule has 20 heavy (non-hydrogen) atoms. The lowest BCUT2D eigenvalue weighted by Crippen LogP contribution is -2.25. The smallest absolute Gasteiger partial charge is 0.0576 e. The van der Waals surface area contributed by atoms with E-state index >= 15 is 0 Å². The molecule has 0 aromatic rings. The third-order valence-electron chi connectivity index (χ3n) is 6.54. The van der Waals surface area contributed by atoms with Gasteiger partial charge in [0, 0.05) is 6.61 Å². The van der Waals surface area contributed by atoms with Crippen LogP contribution < -0.4 is 0 Å². The average Bonchev–Trinajstić information content (AvgIpc) is 3.00. The van der Waals surface area contributed by atoms with Gasteiger partial charge in [0.1, 0.15) is 0 Å². The highest BCUT2D eigenvalue weighted by atomic mass is 16.5. The Kier molecular flexibility index (Phi) is 5.42. The minimum atomic E-state index is 0.618. The maximum atomic E-state index is 5.77. The number of hydrogen-bond acceptors (Lipinski definition) is 1. The third kappa shape index (κ3) is 4.00. The summed E-state index contributed by atoms with van der Waals surface area (Å²) >= 11 is 0. The molecule has 1 atom stereocenters. The second kappa shape index (κ2) is 7.29. The molecule has 2 aliphatic carbocycles. The molecule has 1 heteroatoms. The van der Waals surface area contributed by atoms with Crippen molar-refractivity contribution >= 4 is 0 Å². The number of ether oxygens (including phenoxy) is 1. The van der Waals surface area contributed by atoms with E-state index in [-0.39, 0.29) is 0 Å². The zero-order valence-corrected chi connectivity index (χ0v) is 13.5. The van der Waals surface area contributed by atoms with E-state index in [1.807, 2.05) is 0 Å². The molecule has 116 valence electrons. The fourth-order valence-electron chi connectivity index (χ4n) is 5.00. The molecule has 2 saturated carbocycles. The lowest BCUT2D eigenvalue weighted by Gasteiger charge is -2.37. The molecule has 3 rings (SSSR count). The normalized spacial score (nSPS) is 42.8. The zero-order valence-electron chi connectivity index (χ0n) is 13.5. The average molecular weight is 278 g/mol. The van der Waals surface area contributed by atoms with Crippen LogP contribution in [0.1, 0.15) is 84.0 Å². The summed E-state index contributed by atoms with van der Waals surface area (Å²) in [5.74, 6) is 4.21. The monoisotopic (exact) mass is 278 g/mol. The van der Waals surface area contributed by atoms with E-state index in [1.165, 1.54) is 77.0 Å². The molecule has 0 aromatic heterocycles. The van der Waals surface area contributed by atoms with Gasteiger partial charge in [-0.15, -0.1) is 0 Å². The van der Waals surface area contributed by atoms with Crippen LogP contribution in [0.15, 0.2) is 0 Å². The van der Waals surface area contributed by atoms with E-state index in [9.17, 15) is 0 Å². The second-order valence-corrected chi connectivity index (χ2v) is 8.01. The summed E-state index contributed by atoms with van der Waals surface area (Å²) < 4.78 is 5.77. The lowest BCUT2D eigenvalue weighted by molar-refractivity contribution is 0.0903. The maximum Gasteiger partial charge on any atom is 0.0576 e. The molecule has 1 saturated heterocycles. The fraction of sp³-hybridized carbons (Fsp3) is 1.00. The Morgan fingerprint density at radius 1 is 0.750 bits per heavy atom. The van der Waals surface area contributed by atoms with Crippen LogP contribution in [0.25, 0.3) is 0 Å². The number of rotatable bonds is 4. The van der Waals surface area contributed by atoms with Crippen LogP contribution in [-0.4, -0.2) is 12.7 Å². The molecule has 3 fully saturated rings. The van der Waals surface area contributed by atoms with E-state index in [4.69, 9.17) is 4.74 Å². The fourth-order valence-corrected chi connectivity index (χ4v) is 5.00. The first kappa shape index (κ1) is 14.9. The SMILES string of the molecule is CC1CCC(C2CCC(CCC3CCCO3)CC2)CC1. The molecule has 1 aliphatic heterocycles. The molecular weight excluding hydrogens is 244 g/mol. The predicted molar refractivity (Wildman–Crippen MR) is 84.8 cm³/mol. The molecular formula is C19H34O. The van der Waals surface area contributed by atoms with Gasteiger partial charge in [-0.2, -0.15) is 0 Å². The first-order valence-corrected chi connectivity index (χ1v) is 9.43. The van der Waals surface area contributed by atoms with Crippen LogP contribution >= 0.6 is 0 Å². The minimum absolute atomic E-state index is 0.618. The van der Waals surface area contributed by atoms with Crippen LogP contribution in [0, 0.1) is 23.7 Å². The summed E-state index contributed by atoms with van der Waals surface area (Å²) in [4.78, 5) is 0. The van der Waals surface area contributed by atoms with Crippen molar-refractivity contribution in [1.82, 2.24) is 0 Å². The lowest BCUT2D eigenvalue weighted by atomic mass is 9.69. The van der Waals surface area contributed by atoms with Gasteiger partial charge in [-0.3, -0.25) is 0 Å². The number of hydrogen-bond donors (Lipinski definition) is 0. The molecule has 0 spiro atoms. The molecule has 1 heterocycles. The Bertz CT molecular complexity index is 265. The topological polar surface area (TPSA) is 9.23 Å². The first-order chi connectivity index (χ1) is 9.81. The highest BCUT2D eigenvalue weighted by Crippen LogP contribution is 2.42. The molecule has 3 aliphatic rings. The van der Waals surface area contributed by atoms with Gasteiger partial charge in [0.05, 0.1) is 6.10 Å². The van der Waals surface area contributed by atoms with Gasteiger partial charge in [-0.05, 0) is 75.0 Å². The van der Waals surface area contributed by atoms with Crippen molar-refractivity contribution in [3.05, 3.63) is 0 Å². The van der Waals surface area contributed by atoms with E-state index in [2.05, 4.69) is 6.92 Å². The van der Waals surface area contributed by atoms with Gasteiger partial charge in [-0.25, -0.2) is 0 Å². The Balaban J connectivity index is 1.34. The standard InChI is InChI=1S/C19H34O/c1-15-4-9-17(10-5-15)18-11-6-16(7-12-18)8-13-19-3-2-14-20-19/h15-19H,2-14H2,1H3. The quantitative estimate of drug-likeness (QED) is 0.652. The Morgan fingerprint density at radius 2 is 1.40 bits per heavy atom. The summed E-state index contributed by atoms with van der Waals surface area (Å²) in [6.45, 7) is 3.47. The third-order valence-corrected chi connectivity index (χ3v) is 6.54. The van der Waals surface area contributed by atoms with E-state index in [0.717, 1.165) is 30.3 Å². The van der Waals surface area contributed by atoms with Crippen molar-refractivity contribution in [2.24, 2.45) is 23.7 Å². The van der Waals surface area contributed by atoms with Gasteiger partial charge in [-0.1, -0.05) is 32.6 Å². The first-order valence-electron chi connectivity index (χ1n) is 9.43. The summed E-state index contributed by atoms with van der Waals surface area (Å²) in [5.41, 5.74) is 0. The van der Waals surface area contributed by atoms with E-state index < -0.39 is 0 Å². The second-order valence-electron chi connectivity index (χ2n) is 8.01. The molecule has 1 unspecified atom stereocenters. The Labute approximate surface area is 125 Å². The van der Waals surface area contributed by atoms with Gasteiger partial charge in [0.2, 0.25) is 0 Å². The van der Waals surface area contributed by atoms with Crippen molar-refractivity contribution in [2.45, 2.75) is 90.1 Å². The highest BCUT2D eigenvalue weighted by molar-refractivity contribution is 4.81. The van der Waals surface area contributed by atoms with Crippen molar-refractivity contribution < 1.29 is 4.74 Å². The van der Waals surface area contributed by atoms with Gasteiger partial charge in [0.15, 0.2) is 0 Å². The van der Waals surface area contributed by atoms with Gasteiger partial charge >= 0.3 is 0 Å². The summed E-state index contributed by atoms with van der Waals surface area (Å²) in [7, 11) is 0. The molecule has 0 N–H and O–H groups in total. The predicted octanol–water partition coefficient (Wildman–Crippen LogP) is 5.58. The van der Waals surface area contributed by atoms with Crippen LogP contribution in [0.5, 0.6) is 0 Å². The molecule has 0 aromatic carbocycles. The van der Waals surface area contributed by atoms with Crippen molar-refractivity contribution in [1.29, 1.82) is 0 Å². The van der Waals surface area contributed by atoms with Crippen molar-refractivity contribution in [3.8, 4) is 0 Å². The Morgan fingerprint density at radius 3 is 2.00 bits per heavy atom. The zero-order chi connectivity index (χ0) is 13.8. The van der Waals surface area contributed by atoms with Crippen LogP contribution in [0.4, 0.5) is 0 Å². The summed E-state index contributed by atoms with van der Waals surface area (Å²) in [6.07, 6.45) is 18.2. The molecule has 0 bridgehead atoms. The largest absolute Gasteiger partial charge is 0.378 e. The molecule has 0 radical (unpaired) electrons. The molecule has 0 amide bonds. The van der Waals surface area contributed by atoms with Crippen LogP contribution in [-0.2, 0) is 4.74 Å². The molecule has 1 nitrogen and oxygen atoms in total. The van der Waals surface area contributed by atoms with Crippen LogP contribution in [0.3, 0.4) is 0 Å². The van der Waals surface area contributed by atoms with E-state index in [1.54, 1.807) is 0 Å². The summed E-state index contributed by atoms with van der Waals surface area (Å²) in [5, 5.41) is 0. The van der Waals surface area contributed by atoms with Crippen LogP contribution in [0.2, 0.25) is 0 Å². The maximum absolute atomic E-state index is 5.77. The Hall–Kier alpha value is -0.0400. The highest BCUT2D eigenvalue weighted by Gasteiger charge is 2.30.